The van der Waals surface area contributed by atoms with Gasteiger partial charge in [-0.05, 0) is 36.0 Å². The van der Waals surface area contributed by atoms with E-state index in [4.69, 9.17) is 0 Å². The highest BCUT2D eigenvalue weighted by atomic mass is 31.1. The summed E-state index contributed by atoms with van der Waals surface area (Å²) in [6.45, 7) is 0. The summed E-state index contributed by atoms with van der Waals surface area (Å²) < 4.78 is 38.9. The Morgan fingerprint density at radius 2 is 1.22 bits per heavy atom. The number of halogens is 3. The molecule has 0 aliphatic heterocycles. The van der Waals surface area contributed by atoms with Crippen molar-refractivity contribution in [3.8, 4) is 0 Å². The summed E-state index contributed by atoms with van der Waals surface area (Å²) in [7, 11) is -1.05. The number of hydrogen-bond acceptors (Lipinski definition) is 1. The Morgan fingerprint density at radius 1 is 0.696 bits per heavy atom. The van der Waals surface area contributed by atoms with E-state index in [0.29, 0.717) is 5.30 Å². The van der Waals surface area contributed by atoms with E-state index in [1.807, 2.05) is 60.7 Å². The molecule has 23 heavy (non-hydrogen) atoms. The quantitative estimate of drug-likeness (QED) is 0.664. The van der Waals surface area contributed by atoms with Crippen LogP contribution in [-0.2, 0) is 6.18 Å². The summed E-state index contributed by atoms with van der Waals surface area (Å²) in [5, 5.41) is 2.65. The van der Waals surface area contributed by atoms with E-state index in [9.17, 15) is 13.2 Å². The smallest absolute Gasteiger partial charge is 0.252 e. The second-order valence-electron chi connectivity index (χ2n) is 4.90. The Kier molecular flexibility index (Phi) is 4.44. The van der Waals surface area contributed by atoms with Gasteiger partial charge in [0, 0.05) is 6.20 Å². The van der Waals surface area contributed by atoms with Gasteiger partial charge in [0.2, 0.25) is 0 Å². The van der Waals surface area contributed by atoms with Crippen molar-refractivity contribution in [1.29, 1.82) is 0 Å². The molecule has 0 aliphatic rings. The Bertz CT molecular complexity index is 734. The summed E-state index contributed by atoms with van der Waals surface area (Å²) in [6, 6.07) is 22.0. The maximum absolute atomic E-state index is 13.0. The van der Waals surface area contributed by atoms with Crippen LogP contribution in [0.15, 0.2) is 79.0 Å². The first-order chi connectivity index (χ1) is 11.1. The van der Waals surface area contributed by atoms with E-state index in [2.05, 4.69) is 4.98 Å². The Hall–Kier alpha value is -2.19. The molecule has 3 rings (SSSR count). The van der Waals surface area contributed by atoms with E-state index >= 15 is 0 Å². The summed E-state index contributed by atoms with van der Waals surface area (Å²) in [5.41, 5.74) is -0.852. The number of benzene rings is 2. The molecule has 1 nitrogen and oxygen atoms in total. The molecular formula is C18H13F3NP. The number of pyridine rings is 1. The molecule has 0 radical (unpaired) electrons. The third-order valence-electron chi connectivity index (χ3n) is 3.32. The predicted octanol–water partition coefficient (Wildman–Crippen LogP) is 3.86. The highest BCUT2D eigenvalue weighted by Gasteiger charge is 2.33. The maximum atomic E-state index is 13.0. The van der Waals surface area contributed by atoms with Crippen LogP contribution in [0.3, 0.4) is 0 Å². The highest BCUT2D eigenvalue weighted by molar-refractivity contribution is 7.79. The number of aromatic nitrogens is 1. The zero-order valence-corrected chi connectivity index (χ0v) is 12.9. The van der Waals surface area contributed by atoms with Gasteiger partial charge in [-0.25, -0.2) is 0 Å². The lowest BCUT2D eigenvalue weighted by atomic mass is 10.3. The van der Waals surface area contributed by atoms with Crippen LogP contribution in [0, 0.1) is 0 Å². The standard InChI is InChI=1S/C18H13F3NP/c19-18(20,21)17-13-16(11-12-22-17)23(14-7-3-1-4-8-14)15-9-5-2-6-10-15/h1-13H. The lowest BCUT2D eigenvalue weighted by Gasteiger charge is -2.20. The summed E-state index contributed by atoms with van der Waals surface area (Å²) in [5.74, 6) is 0. The molecule has 2 aromatic carbocycles. The van der Waals surface area contributed by atoms with E-state index in [0.717, 1.165) is 16.7 Å². The third-order valence-corrected chi connectivity index (χ3v) is 5.74. The van der Waals surface area contributed by atoms with Crippen LogP contribution < -0.4 is 15.9 Å². The number of rotatable bonds is 3. The molecule has 0 bridgehead atoms. The summed E-state index contributed by atoms with van der Waals surface area (Å²) in [4.78, 5) is 3.47. The molecule has 0 amide bonds. The fourth-order valence-electron chi connectivity index (χ4n) is 2.31. The molecule has 5 heteroatoms. The van der Waals surface area contributed by atoms with Crippen molar-refractivity contribution in [2.24, 2.45) is 0 Å². The van der Waals surface area contributed by atoms with E-state index < -0.39 is 19.8 Å². The average Bonchev–Trinajstić information content (AvgIpc) is 2.57. The van der Waals surface area contributed by atoms with Crippen LogP contribution in [0.1, 0.15) is 5.69 Å². The molecule has 0 spiro atoms. The molecular weight excluding hydrogens is 318 g/mol. The molecule has 0 saturated carbocycles. The van der Waals surface area contributed by atoms with Crippen molar-refractivity contribution in [2.45, 2.75) is 6.18 Å². The van der Waals surface area contributed by atoms with Crippen LogP contribution in [0.2, 0.25) is 0 Å². The SMILES string of the molecule is FC(F)(F)c1cc(P(c2ccccc2)c2ccccc2)ccn1. The molecule has 0 unspecified atom stereocenters. The van der Waals surface area contributed by atoms with Crippen LogP contribution >= 0.6 is 7.92 Å². The fourth-order valence-corrected chi connectivity index (χ4v) is 4.62. The Labute approximate surface area is 133 Å². The van der Waals surface area contributed by atoms with Crippen LogP contribution in [0.4, 0.5) is 13.2 Å². The lowest BCUT2D eigenvalue weighted by Crippen LogP contribution is -2.22. The van der Waals surface area contributed by atoms with Crippen molar-refractivity contribution in [3.63, 3.8) is 0 Å². The van der Waals surface area contributed by atoms with Gasteiger partial charge in [0.05, 0.1) is 0 Å². The minimum Gasteiger partial charge on any atom is -0.252 e. The van der Waals surface area contributed by atoms with Crippen LogP contribution in [-0.4, -0.2) is 4.98 Å². The minimum absolute atomic E-state index is 0.639. The molecule has 3 aromatic rings. The van der Waals surface area contributed by atoms with Gasteiger partial charge < -0.3 is 0 Å². The molecule has 0 fully saturated rings. The first-order valence-electron chi connectivity index (χ1n) is 6.99. The topological polar surface area (TPSA) is 12.9 Å². The first kappa shape index (κ1) is 15.7. The van der Waals surface area contributed by atoms with E-state index in [1.54, 1.807) is 6.07 Å². The number of hydrogen-bond donors (Lipinski definition) is 0. The fraction of sp³-hybridized carbons (Fsp3) is 0.0556. The third kappa shape index (κ3) is 3.59. The van der Waals surface area contributed by atoms with Gasteiger partial charge in [-0.3, -0.25) is 4.98 Å². The van der Waals surface area contributed by atoms with Gasteiger partial charge >= 0.3 is 6.18 Å². The molecule has 0 atom stereocenters. The van der Waals surface area contributed by atoms with Crippen molar-refractivity contribution in [3.05, 3.63) is 84.7 Å². The second-order valence-corrected chi connectivity index (χ2v) is 7.12. The maximum Gasteiger partial charge on any atom is 0.433 e. The van der Waals surface area contributed by atoms with Gasteiger partial charge in [0.25, 0.3) is 0 Å². The lowest BCUT2D eigenvalue weighted by molar-refractivity contribution is -0.141. The van der Waals surface area contributed by atoms with Crippen molar-refractivity contribution in [2.75, 3.05) is 0 Å². The predicted molar refractivity (Wildman–Crippen MR) is 87.9 cm³/mol. The van der Waals surface area contributed by atoms with Crippen LogP contribution in [0.5, 0.6) is 0 Å². The zero-order valence-electron chi connectivity index (χ0n) is 12.0. The van der Waals surface area contributed by atoms with Gasteiger partial charge in [-0.15, -0.1) is 0 Å². The van der Waals surface area contributed by atoms with Crippen molar-refractivity contribution < 1.29 is 13.2 Å². The van der Waals surface area contributed by atoms with Gasteiger partial charge in [0.1, 0.15) is 5.69 Å². The van der Waals surface area contributed by atoms with Crippen LogP contribution in [0.25, 0.3) is 0 Å². The monoisotopic (exact) mass is 331 g/mol. The molecule has 0 N–H and O–H groups in total. The van der Waals surface area contributed by atoms with Gasteiger partial charge in [0.15, 0.2) is 0 Å². The first-order valence-corrected chi connectivity index (χ1v) is 8.33. The average molecular weight is 331 g/mol. The minimum atomic E-state index is -4.44. The normalized spacial score (nSPS) is 11.7. The van der Waals surface area contributed by atoms with Gasteiger partial charge in [-0.1, -0.05) is 60.7 Å². The molecule has 1 heterocycles. The van der Waals surface area contributed by atoms with Crippen molar-refractivity contribution >= 4 is 23.8 Å². The number of alkyl halides is 3. The summed E-state index contributed by atoms with van der Waals surface area (Å²) >= 11 is 0. The van der Waals surface area contributed by atoms with Crippen molar-refractivity contribution in [1.82, 2.24) is 4.98 Å². The van der Waals surface area contributed by atoms with E-state index in [1.165, 1.54) is 6.20 Å². The highest BCUT2D eigenvalue weighted by Crippen LogP contribution is 2.34. The zero-order chi connectivity index (χ0) is 16.3. The second kappa shape index (κ2) is 6.51. The molecule has 0 saturated heterocycles. The number of nitrogens with zero attached hydrogens (tertiary/aromatic N) is 1. The summed E-state index contributed by atoms with van der Waals surface area (Å²) in [6.07, 6.45) is -3.20. The van der Waals surface area contributed by atoms with E-state index in [-0.39, 0.29) is 0 Å². The Balaban J connectivity index is 2.14. The largest absolute Gasteiger partial charge is 0.433 e. The Morgan fingerprint density at radius 3 is 1.70 bits per heavy atom. The molecule has 1 aromatic heterocycles. The molecule has 116 valence electrons. The van der Waals surface area contributed by atoms with Gasteiger partial charge in [-0.2, -0.15) is 13.2 Å². The molecule has 0 aliphatic carbocycles.